The Morgan fingerprint density at radius 3 is 2.27 bits per heavy atom. The molecule has 2 aromatic carbocycles. The van der Waals surface area contributed by atoms with Gasteiger partial charge in [0.25, 0.3) is 5.91 Å². The maximum absolute atomic E-state index is 13.0. The summed E-state index contributed by atoms with van der Waals surface area (Å²) in [7, 11) is -3.85. The molecular formula is C18H20BrN3O3S. The van der Waals surface area contributed by atoms with Gasteiger partial charge in [-0.2, -0.15) is 9.41 Å². The quantitative estimate of drug-likeness (QED) is 0.533. The molecule has 0 saturated heterocycles. The van der Waals surface area contributed by atoms with Crippen molar-refractivity contribution in [1.82, 2.24) is 9.73 Å². The van der Waals surface area contributed by atoms with Gasteiger partial charge in [-0.3, -0.25) is 4.79 Å². The van der Waals surface area contributed by atoms with E-state index in [2.05, 4.69) is 26.5 Å². The summed E-state index contributed by atoms with van der Waals surface area (Å²) in [6.45, 7) is 3.23. The fourth-order valence-corrected chi connectivity index (χ4v) is 3.79. The van der Waals surface area contributed by atoms with E-state index in [1.165, 1.54) is 12.1 Å². The Labute approximate surface area is 162 Å². The Morgan fingerprint density at radius 2 is 1.69 bits per heavy atom. The second kappa shape index (κ2) is 9.07. The van der Waals surface area contributed by atoms with Crippen LogP contribution in [0, 0.1) is 0 Å². The highest BCUT2D eigenvalue weighted by atomic mass is 79.9. The average molecular weight is 438 g/mol. The van der Waals surface area contributed by atoms with Crippen LogP contribution in [0.25, 0.3) is 0 Å². The highest BCUT2D eigenvalue weighted by Crippen LogP contribution is 2.20. The van der Waals surface area contributed by atoms with Gasteiger partial charge in [0.1, 0.15) is 0 Å². The molecule has 0 aliphatic heterocycles. The summed E-state index contributed by atoms with van der Waals surface area (Å²) < 4.78 is 27.9. The van der Waals surface area contributed by atoms with Crippen LogP contribution >= 0.6 is 15.9 Å². The zero-order chi connectivity index (χ0) is 19.2. The monoisotopic (exact) mass is 437 g/mol. The summed E-state index contributed by atoms with van der Waals surface area (Å²) in [5.41, 5.74) is 3.82. The van der Waals surface area contributed by atoms with Crippen molar-refractivity contribution in [3.05, 3.63) is 64.6 Å². The predicted molar refractivity (Wildman–Crippen MR) is 105 cm³/mol. The van der Waals surface area contributed by atoms with Crippen LogP contribution in [0.5, 0.6) is 0 Å². The van der Waals surface area contributed by atoms with Crippen molar-refractivity contribution in [2.75, 3.05) is 6.54 Å². The number of amides is 1. The molecule has 2 rings (SSSR count). The van der Waals surface area contributed by atoms with Gasteiger partial charge in [0, 0.05) is 16.7 Å². The fraction of sp³-hybridized carbons (Fsp3) is 0.222. The lowest BCUT2D eigenvalue weighted by atomic mass is 10.2. The second-order valence-electron chi connectivity index (χ2n) is 5.81. The summed E-state index contributed by atoms with van der Waals surface area (Å²) in [6, 6.07) is 15.4. The number of halogens is 1. The van der Waals surface area contributed by atoms with E-state index in [9.17, 15) is 13.2 Å². The van der Waals surface area contributed by atoms with Crippen LogP contribution in [-0.4, -0.2) is 30.9 Å². The highest BCUT2D eigenvalue weighted by Gasteiger charge is 2.26. The lowest BCUT2D eigenvalue weighted by molar-refractivity contribution is -0.121. The average Bonchev–Trinajstić information content (AvgIpc) is 2.60. The third-order valence-corrected chi connectivity index (χ3v) is 5.71. The summed E-state index contributed by atoms with van der Waals surface area (Å²) in [6.07, 6.45) is 0. The standard InChI is InChI=1S/C18H20BrN3O3S/c1-14(2)20-21-18(23)13-22(12-15-6-4-3-5-7-15)26(24,25)17-10-8-16(19)9-11-17/h3-11H,12-13H2,1-2H3,(H,21,23). The molecule has 6 nitrogen and oxygen atoms in total. The number of rotatable bonds is 7. The molecule has 0 saturated carbocycles. The lowest BCUT2D eigenvalue weighted by Crippen LogP contribution is -2.39. The Balaban J connectivity index is 2.31. The molecule has 0 radical (unpaired) electrons. The molecule has 0 atom stereocenters. The van der Waals surface area contributed by atoms with E-state index in [1.807, 2.05) is 30.3 Å². The Bertz CT molecular complexity index is 878. The molecule has 0 spiro atoms. The van der Waals surface area contributed by atoms with Crippen LogP contribution in [-0.2, 0) is 21.4 Å². The van der Waals surface area contributed by atoms with Crippen LogP contribution in [0.2, 0.25) is 0 Å². The molecule has 8 heteroatoms. The van der Waals surface area contributed by atoms with Gasteiger partial charge in [-0.15, -0.1) is 0 Å². The molecule has 0 aliphatic carbocycles. The van der Waals surface area contributed by atoms with Crippen LogP contribution in [0.15, 0.2) is 69.1 Å². The van der Waals surface area contributed by atoms with Crippen molar-refractivity contribution in [3.63, 3.8) is 0 Å². The largest absolute Gasteiger partial charge is 0.272 e. The van der Waals surface area contributed by atoms with Crippen molar-refractivity contribution in [2.45, 2.75) is 25.3 Å². The number of hydrogen-bond acceptors (Lipinski definition) is 4. The van der Waals surface area contributed by atoms with Gasteiger partial charge in [-0.05, 0) is 43.7 Å². The van der Waals surface area contributed by atoms with E-state index in [0.29, 0.717) is 5.71 Å². The molecular weight excluding hydrogens is 418 g/mol. The van der Waals surface area contributed by atoms with Gasteiger partial charge < -0.3 is 0 Å². The smallest absolute Gasteiger partial charge is 0.255 e. The highest BCUT2D eigenvalue weighted by molar-refractivity contribution is 9.10. The first kappa shape index (κ1) is 20.3. The molecule has 0 aromatic heterocycles. The van der Waals surface area contributed by atoms with Crippen LogP contribution in [0.3, 0.4) is 0 Å². The number of carbonyl (C=O) groups is 1. The number of nitrogens with zero attached hydrogens (tertiary/aromatic N) is 2. The first-order chi connectivity index (χ1) is 12.3. The lowest BCUT2D eigenvalue weighted by Gasteiger charge is -2.21. The van der Waals surface area contributed by atoms with Crippen molar-refractivity contribution in [3.8, 4) is 0 Å². The van der Waals surface area contributed by atoms with Crippen molar-refractivity contribution in [1.29, 1.82) is 0 Å². The Kier molecular flexibility index (Phi) is 7.07. The molecule has 26 heavy (non-hydrogen) atoms. The van der Waals surface area contributed by atoms with E-state index in [4.69, 9.17) is 0 Å². The van der Waals surface area contributed by atoms with Gasteiger partial charge in [0.15, 0.2) is 0 Å². The number of hydrogen-bond donors (Lipinski definition) is 1. The SMILES string of the molecule is CC(C)=NNC(=O)CN(Cc1ccccc1)S(=O)(=O)c1ccc(Br)cc1. The second-order valence-corrected chi connectivity index (χ2v) is 8.66. The number of benzene rings is 2. The van der Waals surface area contributed by atoms with Gasteiger partial charge in [-0.25, -0.2) is 13.8 Å². The number of hydrazone groups is 1. The molecule has 1 N–H and O–H groups in total. The van der Waals surface area contributed by atoms with Crippen molar-refractivity contribution in [2.24, 2.45) is 5.10 Å². The maximum Gasteiger partial charge on any atom is 0.255 e. The summed E-state index contributed by atoms with van der Waals surface area (Å²) in [5.74, 6) is -0.497. The van der Waals surface area contributed by atoms with Crippen molar-refractivity contribution < 1.29 is 13.2 Å². The van der Waals surface area contributed by atoms with E-state index < -0.39 is 15.9 Å². The molecule has 2 aromatic rings. The summed E-state index contributed by atoms with van der Waals surface area (Å²) >= 11 is 3.29. The molecule has 0 heterocycles. The van der Waals surface area contributed by atoms with Crippen LogP contribution in [0.1, 0.15) is 19.4 Å². The third kappa shape index (κ3) is 5.76. The minimum atomic E-state index is -3.85. The molecule has 0 unspecified atom stereocenters. The minimum absolute atomic E-state index is 0.0848. The third-order valence-electron chi connectivity index (χ3n) is 3.38. The van der Waals surface area contributed by atoms with Crippen LogP contribution in [0.4, 0.5) is 0 Å². The first-order valence-corrected chi connectivity index (χ1v) is 10.1. The van der Waals surface area contributed by atoms with E-state index in [-0.39, 0.29) is 18.0 Å². The maximum atomic E-state index is 13.0. The number of nitrogens with one attached hydrogen (secondary N) is 1. The summed E-state index contributed by atoms with van der Waals surface area (Å²) in [5, 5.41) is 3.84. The van der Waals surface area contributed by atoms with Gasteiger partial charge in [0.05, 0.1) is 11.4 Å². The number of carbonyl (C=O) groups excluding carboxylic acids is 1. The molecule has 0 aliphatic rings. The molecule has 138 valence electrons. The zero-order valence-corrected chi connectivity index (χ0v) is 16.9. The molecule has 0 bridgehead atoms. The molecule has 0 fully saturated rings. The number of sulfonamides is 1. The first-order valence-electron chi connectivity index (χ1n) is 7.88. The summed E-state index contributed by atoms with van der Waals surface area (Å²) in [4.78, 5) is 12.3. The van der Waals surface area contributed by atoms with Gasteiger partial charge >= 0.3 is 0 Å². The van der Waals surface area contributed by atoms with E-state index >= 15 is 0 Å². The van der Waals surface area contributed by atoms with Crippen LogP contribution < -0.4 is 5.43 Å². The van der Waals surface area contributed by atoms with Gasteiger partial charge in [-0.1, -0.05) is 46.3 Å². The Hall–Kier alpha value is -2.03. The van der Waals surface area contributed by atoms with E-state index in [0.717, 1.165) is 14.3 Å². The van der Waals surface area contributed by atoms with Gasteiger partial charge in [0.2, 0.25) is 10.0 Å². The predicted octanol–water partition coefficient (Wildman–Crippen LogP) is 3.15. The minimum Gasteiger partial charge on any atom is -0.272 e. The van der Waals surface area contributed by atoms with E-state index in [1.54, 1.807) is 26.0 Å². The zero-order valence-electron chi connectivity index (χ0n) is 14.5. The molecule has 1 amide bonds. The topological polar surface area (TPSA) is 78.8 Å². The fourth-order valence-electron chi connectivity index (χ4n) is 2.14. The Morgan fingerprint density at radius 1 is 1.08 bits per heavy atom. The normalized spacial score (nSPS) is 11.2. The van der Waals surface area contributed by atoms with Crippen molar-refractivity contribution >= 4 is 37.6 Å².